The summed E-state index contributed by atoms with van der Waals surface area (Å²) in [5.41, 5.74) is 12.6. The second-order valence-corrected chi connectivity index (χ2v) is 12.7. The zero-order valence-electron chi connectivity index (χ0n) is 22.6. The first-order valence-corrected chi connectivity index (χ1v) is 14.5. The van der Waals surface area contributed by atoms with Gasteiger partial charge in [-0.3, -0.25) is 4.79 Å². The summed E-state index contributed by atoms with van der Waals surface area (Å²) in [7, 11) is 0. The van der Waals surface area contributed by atoms with E-state index >= 15 is 4.39 Å². The molecule has 6 aliphatic rings. The Labute approximate surface area is 231 Å². The molecule has 5 N–H and O–H groups in total. The molecule has 5 saturated carbocycles. The lowest BCUT2D eigenvalue weighted by Crippen LogP contribution is -2.52. The van der Waals surface area contributed by atoms with Crippen LogP contribution < -0.4 is 21.8 Å². The number of nitrogens with zero attached hydrogens (tertiary/aromatic N) is 5. The number of aromatic carboxylic acids is 1. The third-order valence-electron chi connectivity index (χ3n) is 9.80. The lowest BCUT2D eigenvalue weighted by Gasteiger charge is -2.54. The van der Waals surface area contributed by atoms with Crippen LogP contribution in [-0.4, -0.2) is 64.2 Å². The SMILES string of the molecule is NC(=NC12CC3CC(CC(C3)C1)C2)N=C(N)N1CCN(c2cc3c(cc2F)c(=O)c(C(=O)O)cn3C2CC2)CC1. The van der Waals surface area contributed by atoms with Crippen LogP contribution in [0.3, 0.4) is 0 Å². The van der Waals surface area contributed by atoms with Crippen LogP contribution in [0.15, 0.2) is 33.1 Å². The molecule has 0 radical (unpaired) electrons. The van der Waals surface area contributed by atoms with Crippen molar-refractivity contribution in [3.05, 3.63) is 39.9 Å². The second kappa shape index (κ2) is 9.21. The first-order valence-electron chi connectivity index (χ1n) is 14.5. The number of hydrogen-bond acceptors (Lipinski definition) is 4. The van der Waals surface area contributed by atoms with Gasteiger partial charge < -0.3 is 30.9 Å². The summed E-state index contributed by atoms with van der Waals surface area (Å²) in [4.78, 5) is 37.7. The van der Waals surface area contributed by atoms with Crippen molar-refractivity contribution < 1.29 is 14.3 Å². The lowest BCUT2D eigenvalue weighted by molar-refractivity contribution is 0.00158. The van der Waals surface area contributed by atoms with E-state index in [2.05, 4.69) is 4.99 Å². The molecule has 0 unspecified atom stereocenters. The van der Waals surface area contributed by atoms with Crippen LogP contribution in [-0.2, 0) is 0 Å². The summed E-state index contributed by atoms with van der Waals surface area (Å²) in [6.45, 7) is 2.08. The van der Waals surface area contributed by atoms with Gasteiger partial charge in [0.2, 0.25) is 11.4 Å². The van der Waals surface area contributed by atoms with E-state index in [0.29, 0.717) is 43.3 Å². The Balaban J connectivity index is 1.08. The largest absolute Gasteiger partial charge is 0.477 e. The van der Waals surface area contributed by atoms with Gasteiger partial charge in [-0.05, 0) is 81.3 Å². The minimum absolute atomic E-state index is 0.0680. The van der Waals surface area contributed by atoms with Crippen LogP contribution in [0, 0.1) is 23.6 Å². The van der Waals surface area contributed by atoms with Crippen LogP contribution in [0.4, 0.5) is 10.1 Å². The number of aliphatic imine (C=N–C) groups is 2. The van der Waals surface area contributed by atoms with E-state index < -0.39 is 17.2 Å². The Morgan fingerprint density at radius 2 is 1.62 bits per heavy atom. The highest BCUT2D eigenvalue weighted by Crippen LogP contribution is 2.57. The molecule has 2 heterocycles. The van der Waals surface area contributed by atoms with Gasteiger partial charge in [0.25, 0.3) is 0 Å². The number of carboxylic acid groups (broad SMARTS) is 1. The van der Waals surface area contributed by atoms with E-state index in [1.54, 1.807) is 6.07 Å². The third-order valence-corrected chi connectivity index (χ3v) is 9.80. The summed E-state index contributed by atoms with van der Waals surface area (Å²) in [6, 6.07) is 2.99. The van der Waals surface area contributed by atoms with Crippen molar-refractivity contribution in [3.63, 3.8) is 0 Å². The van der Waals surface area contributed by atoms with Crippen LogP contribution in [0.5, 0.6) is 0 Å². The van der Waals surface area contributed by atoms with Gasteiger partial charge in [0.05, 0.1) is 16.7 Å². The number of piperazine rings is 1. The number of benzene rings is 1. The Morgan fingerprint density at radius 3 is 2.20 bits per heavy atom. The maximum Gasteiger partial charge on any atom is 0.341 e. The molecule has 4 bridgehead atoms. The number of carboxylic acids is 1. The molecule has 1 aliphatic heterocycles. The van der Waals surface area contributed by atoms with Gasteiger partial charge in [-0.1, -0.05) is 0 Å². The quantitative estimate of drug-likeness (QED) is 0.393. The number of halogens is 1. The predicted molar refractivity (Wildman–Crippen MR) is 151 cm³/mol. The van der Waals surface area contributed by atoms with Crippen LogP contribution in [0.2, 0.25) is 0 Å². The summed E-state index contributed by atoms with van der Waals surface area (Å²) >= 11 is 0. The van der Waals surface area contributed by atoms with E-state index in [1.165, 1.54) is 31.5 Å². The number of rotatable bonds is 4. The average molecular weight is 550 g/mol. The molecule has 6 fully saturated rings. The minimum Gasteiger partial charge on any atom is -0.477 e. The number of guanidine groups is 2. The van der Waals surface area contributed by atoms with Crippen LogP contribution in [0.1, 0.15) is 67.8 Å². The lowest BCUT2D eigenvalue weighted by atomic mass is 9.53. The summed E-state index contributed by atoms with van der Waals surface area (Å²) in [5.74, 6) is 1.04. The molecule has 40 heavy (non-hydrogen) atoms. The third kappa shape index (κ3) is 4.39. The second-order valence-electron chi connectivity index (χ2n) is 12.7. The van der Waals surface area contributed by atoms with Crippen LogP contribution in [0.25, 0.3) is 10.9 Å². The predicted octanol–water partition coefficient (Wildman–Crippen LogP) is 2.89. The number of anilines is 1. The molecule has 5 aliphatic carbocycles. The zero-order valence-corrected chi connectivity index (χ0v) is 22.6. The van der Waals surface area contributed by atoms with Crippen molar-refractivity contribution in [3.8, 4) is 0 Å². The number of fused-ring (bicyclic) bond motifs is 1. The number of nitrogens with two attached hydrogens (primary N) is 2. The highest BCUT2D eigenvalue weighted by molar-refractivity contribution is 5.94. The molecule has 8 rings (SSSR count). The van der Waals surface area contributed by atoms with E-state index in [9.17, 15) is 14.7 Å². The number of pyridine rings is 1. The standard InChI is InChI=1S/C29H36FN7O3/c30-22-10-20-23(37(19-1-2-19)15-21(25(20)38)26(39)40)11-24(22)35-3-5-36(6-4-35)28(32)33-27(31)34-29-12-16-7-17(13-29)9-18(8-16)14-29/h10-11,15-19H,1-9,12-14H2,(H,39,40)(H4,31,32,33,34). The first-order chi connectivity index (χ1) is 19.2. The van der Waals surface area contributed by atoms with E-state index in [1.807, 2.05) is 14.4 Å². The van der Waals surface area contributed by atoms with Gasteiger partial charge in [0.15, 0.2) is 5.96 Å². The molecule has 0 spiro atoms. The summed E-state index contributed by atoms with van der Waals surface area (Å²) < 4.78 is 17.1. The molecule has 0 amide bonds. The van der Waals surface area contributed by atoms with E-state index in [-0.39, 0.29) is 28.5 Å². The van der Waals surface area contributed by atoms with Gasteiger partial charge >= 0.3 is 5.97 Å². The van der Waals surface area contributed by atoms with Gasteiger partial charge in [-0.25, -0.2) is 14.2 Å². The average Bonchev–Trinajstić information content (AvgIpc) is 3.73. The van der Waals surface area contributed by atoms with Crippen molar-refractivity contribution in [2.75, 3.05) is 31.1 Å². The molecule has 212 valence electrons. The maximum atomic E-state index is 15.3. The Morgan fingerprint density at radius 1 is 1.00 bits per heavy atom. The molecule has 1 aromatic heterocycles. The van der Waals surface area contributed by atoms with Gasteiger partial charge in [-0.2, -0.15) is 4.99 Å². The minimum atomic E-state index is -1.30. The fraction of sp³-hybridized carbons (Fsp3) is 0.586. The molecule has 1 aromatic carbocycles. The molecular weight excluding hydrogens is 513 g/mol. The highest BCUT2D eigenvalue weighted by atomic mass is 19.1. The highest BCUT2D eigenvalue weighted by Gasteiger charge is 2.51. The summed E-state index contributed by atoms with van der Waals surface area (Å²) in [5, 5.41) is 9.58. The number of carbonyl (C=O) groups is 1. The van der Waals surface area contributed by atoms with Crippen molar-refractivity contribution in [2.45, 2.75) is 62.9 Å². The Bertz CT molecular complexity index is 1470. The van der Waals surface area contributed by atoms with Gasteiger partial charge in [0.1, 0.15) is 11.4 Å². The Hall–Kier alpha value is -3.63. The normalized spacial score (nSPS) is 30.4. The molecule has 2 aromatic rings. The Kier molecular flexibility index (Phi) is 5.83. The molecular formula is C29H36FN7O3. The maximum absolute atomic E-state index is 15.3. The van der Waals surface area contributed by atoms with E-state index in [0.717, 1.165) is 49.9 Å². The number of aromatic nitrogens is 1. The topological polar surface area (TPSA) is 143 Å². The summed E-state index contributed by atoms with van der Waals surface area (Å²) in [6.07, 6.45) is 10.5. The fourth-order valence-corrected chi connectivity index (χ4v) is 8.24. The molecule has 10 nitrogen and oxygen atoms in total. The zero-order chi connectivity index (χ0) is 27.8. The van der Waals surface area contributed by atoms with Crippen molar-refractivity contribution in [2.24, 2.45) is 39.2 Å². The molecule has 1 saturated heterocycles. The van der Waals surface area contributed by atoms with E-state index in [4.69, 9.17) is 16.5 Å². The first kappa shape index (κ1) is 25.3. The van der Waals surface area contributed by atoms with Crippen molar-refractivity contribution >= 4 is 34.5 Å². The monoisotopic (exact) mass is 549 g/mol. The molecule has 11 heteroatoms. The van der Waals surface area contributed by atoms with Crippen molar-refractivity contribution in [1.82, 2.24) is 9.47 Å². The van der Waals surface area contributed by atoms with Crippen molar-refractivity contribution in [1.29, 1.82) is 0 Å². The van der Waals surface area contributed by atoms with Gasteiger partial charge in [-0.15, -0.1) is 0 Å². The van der Waals surface area contributed by atoms with Gasteiger partial charge in [0, 0.05) is 43.8 Å². The van der Waals surface area contributed by atoms with Crippen LogP contribution >= 0.6 is 0 Å². The molecule has 0 atom stereocenters. The smallest absolute Gasteiger partial charge is 0.341 e. The fourth-order valence-electron chi connectivity index (χ4n) is 8.24. The number of hydrogen-bond donors (Lipinski definition) is 3.